The number of fused-ring (bicyclic) bond motifs is 1. The normalized spacial score (nSPS) is 13.2. The highest BCUT2D eigenvalue weighted by Crippen LogP contribution is 2.33. The fourth-order valence-corrected chi connectivity index (χ4v) is 1.33. The van der Waals surface area contributed by atoms with Gasteiger partial charge in [-0.1, -0.05) is 0 Å². The van der Waals surface area contributed by atoms with Crippen LogP contribution in [-0.2, 0) is 12.4 Å². The molecule has 2 aromatic heterocycles. The van der Waals surface area contributed by atoms with Gasteiger partial charge >= 0.3 is 12.4 Å². The first-order valence-electron chi connectivity index (χ1n) is 4.40. The fraction of sp³-hybridized carbons (Fsp3) is 0.250. The molecule has 0 fully saturated rings. The molecule has 4 nitrogen and oxygen atoms in total. The molecule has 2 N–H and O–H groups in total. The molecule has 2 rings (SSSR count). The van der Waals surface area contributed by atoms with Crippen molar-refractivity contribution in [3.63, 3.8) is 0 Å². The van der Waals surface area contributed by atoms with Crippen LogP contribution in [0.5, 0.6) is 0 Å². The first kappa shape index (κ1) is 12.5. The Bertz CT molecular complexity index is 596. The molecule has 0 amide bonds. The number of nitrogens with two attached hydrogens (primary N) is 1. The molecule has 18 heavy (non-hydrogen) atoms. The number of rotatable bonds is 0. The molecule has 0 bridgehead atoms. The van der Waals surface area contributed by atoms with Gasteiger partial charge in [0, 0.05) is 12.1 Å². The van der Waals surface area contributed by atoms with E-state index in [1.165, 1.54) is 0 Å². The molecule has 0 radical (unpaired) electrons. The van der Waals surface area contributed by atoms with Gasteiger partial charge in [0.05, 0.1) is 0 Å². The molecule has 0 spiro atoms. The lowest BCUT2D eigenvalue weighted by molar-refractivity contribution is -0.146. The van der Waals surface area contributed by atoms with Crippen molar-refractivity contribution in [2.45, 2.75) is 12.4 Å². The molecule has 0 saturated heterocycles. The van der Waals surface area contributed by atoms with Crippen molar-refractivity contribution in [3.05, 3.63) is 23.5 Å². The van der Waals surface area contributed by atoms with Crippen LogP contribution >= 0.6 is 0 Å². The van der Waals surface area contributed by atoms with Crippen LogP contribution in [0, 0.1) is 0 Å². The second kappa shape index (κ2) is 3.50. The number of halogens is 6. The minimum Gasteiger partial charge on any atom is -0.384 e. The quantitative estimate of drug-likeness (QED) is 0.747. The van der Waals surface area contributed by atoms with Crippen molar-refractivity contribution in [2.24, 2.45) is 0 Å². The summed E-state index contributed by atoms with van der Waals surface area (Å²) in [6.07, 6.45) is -9.74. The highest BCUT2D eigenvalue weighted by Gasteiger charge is 2.38. The Morgan fingerprint density at radius 3 is 2.11 bits per heavy atom. The molecule has 0 aliphatic carbocycles. The summed E-state index contributed by atoms with van der Waals surface area (Å²) in [4.78, 5) is 3.36. The summed E-state index contributed by atoms with van der Waals surface area (Å²) in [7, 11) is 0. The summed E-state index contributed by atoms with van der Waals surface area (Å²) in [5.41, 5.74) is 1.61. The van der Waals surface area contributed by atoms with Crippen molar-refractivity contribution in [3.8, 4) is 0 Å². The molecule has 2 aromatic rings. The topological polar surface area (TPSA) is 56.2 Å². The fourth-order valence-electron chi connectivity index (χ4n) is 1.33. The molecule has 0 atom stereocenters. The average Bonchev–Trinajstić information content (AvgIpc) is 2.57. The summed E-state index contributed by atoms with van der Waals surface area (Å²) in [5.74, 6) is -0.538. The molecule has 0 aliphatic heterocycles. The summed E-state index contributed by atoms with van der Waals surface area (Å²) < 4.78 is 74.8. The smallest absolute Gasteiger partial charge is 0.384 e. The zero-order valence-electron chi connectivity index (χ0n) is 8.34. The van der Waals surface area contributed by atoms with E-state index in [-0.39, 0.29) is 4.52 Å². The maximum Gasteiger partial charge on any atom is 0.435 e. The van der Waals surface area contributed by atoms with E-state index in [9.17, 15) is 26.3 Å². The maximum atomic E-state index is 12.6. The van der Waals surface area contributed by atoms with Crippen LogP contribution in [0.25, 0.3) is 5.65 Å². The standard InChI is InChI=1S/C8H4F6N4/c9-7(10,11)3-1-6-16-5(15)2-4(8(12,13)14)18(6)17-3/h1-2H,(H2,15,16). The molecule has 0 unspecified atom stereocenters. The molecular formula is C8H4F6N4. The van der Waals surface area contributed by atoms with Gasteiger partial charge in [-0.15, -0.1) is 0 Å². The summed E-state index contributed by atoms with van der Waals surface area (Å²) in [5, 5.41) is 2.85. The minimum absolute atomic E-state index is 0.0686. The Labute approximate surface area is 95.0 Å². The van der Waals surface area contributed by atoms with Gasteiger partial charge < -0.3 is 5.73 Å². The zero-order valence-corrected chi connectivity index (χ0v) is 8.34. The monoisotopic (exact) mass is 270 g/mol. The number of alkyl halides is 6. The number of anilines is 1. The molecular weight excluding hydrogens is 266 g/mol. The van der Waals surface area contributed by atoms with E-state index in [4.69, 9.17) is 5.73 Å². The average molecular weight is 270 g/mol. The maximum absolute atomic E-state index is 12.6. The van der Waals surface area contributed by atoms with Gasteiger partial charge in [0.15, 0.2) is 17.0 Å². The van der Waals surface area contributed by atoms with Gasteiger partial charge in [0.25, 0.3) is 0 Å². The molecule has 0 saturated carbocycles. The van der Waals surface area contributed by atoms with Crippen molar-refractivity contribution < 1.29 is 26.3 Å². The van der Waals surface area contributed by atoms with E-state index >= 15 is 0 Å². The van der Waals surface area contributed by atoms with E-state index in [2.05, 4.69) is 10.1 Å². The van der Waals surface area contributed by atoms with Crippen LogP contribution in [0.4, 0.5) is 32.2 Å². The Balaban J connectivity index is 2.76. The van der Waals surface area contributed by atoms with Crippen molar-refractivity contribution in [2.75, 3.05) is 5.73 Å². The number of aromatic nitrogens is 3. The van der Waals surface area contributed by atoms with Gasteiger partial charge in [-0.3, -0.25) is 0 Å². The molecule has 98 valence electrons. The third-order valence-corrected chi connectivity index (χ3v) is 2.03. The summed E-state index contributed by atoms with van der Waals surface area (Å²) in [6.45, 7) is 0. The lowest BCUT2D eigenvalue weighted by Gasteiger charge is -2.08. The van der Waals surface area contributed by atoms with Crippen LogP contribution in [0.1, 0.15) is 11.4 Å². The van der Waals surface area contributed by atoms with Crippen molar-refractivity contribution in [1.82, 2.24) is 14.6 Å². The number of hydrogen-bond donors (Lipinski definition) is 1. The van der Waals surface area contributed by atoms with Gasteiger partial charge in [-0.05, 0) is 0 Å². The predicted octanol–water partition coefficient (Wildman–Crippen LogP) is 2.35. The number of hydrogen-bond acceptors (Lipinski definition) is 3. The van der Waals surface area contributed by atoms with E-state index in [1.807, 2.05) is 0 Å². The van der Waals surface area contributed by atoms with Crippen LogP contribution in [0.2, 0.25) is 0 Å². The van der Waals surface area contributed by atoms with Gasteiger partial charge in [-0.25, -0.2) is 9.50 Å². The molecule has 0 aliphatic rings. The predicted molar refractivity (Wildman–Crippen MR) is 47.4 cm³/mol. The van der Waals surface area contributed by atoms with Gasteiger partial charge in [-0.2, -0.15) is 31.4 Å². The first-order chi connectivity index (χ1) is 8.09. The molecule has 0 aromatic carbocycles. The van der Waals surface area contributed by atoms with Crippen LogP contribution in [0.15, 0.2) is 12.1 Å². The van der Waals surface area contributed by atoms with E-state index < -0.39 is 35.2 Å². The van der Waals surface area contributed by atoms with E-state index in [0.717, 1.165) is 0 Å². The minimum atomic E-state index is -4.88. The third-order valence-electron chi connectivity index (χ3n) is 2.03. The van der Waals surface area contributed by atoms with E-state index in [0.29, 0.717) is 12.1 Å². The molecule has 10 heteroatoms. The Hall–Kier alpha value is -2.00. The molecule has 2 heterocycles. The van der Waals surface area contributed by atoms with Crippen LogP contribution < -0.4 is 5.73 Å². The summed E-state index contributed by atoms with van der Waals surface area (Å²) >= 11 is 0. The highest BCUT2D eigenvalue weighted by molar-refractivity contribution is 5.48. The number of nitrogens with zero attached hydrogens (tertiary/aromatic N) is 3. The Morgan fingerprint density at radius 2 is 1.61 bits per heavy atom. The second-order valence-electron chi connectivity index (χ2n) is 3.36. The van der Waals surface area contributed by atoms with Gasteiger partial charge in [0.2, 0.25) is 0 Å². The number of nitrogen functional groups attached to an aromatic ring is 1. The van der Waals surface area contributed by atoms with Crippen molar-refractivity contribution in [1.29, 1.82) is 0 Å². The van der Waals surface area contributed by atoms with Crippen LogP contribution in [-0.4, -0.2) is 14.6 Å². The summed E-state index contributed by atoms with van der Waals surface area (Å²) in [6, 6.07) is 0.811. The van der Waals surface area contributed by atoms with Gasteiger partial charge in [0.1, 0.15) is 5.82 Å². The lowest BCUT2D eigenvalue weighted by Crippen LogP contribution is -2.15. The third kappa shape index (κ3) is 2.05. The Morgan fingerprint density at radius 1 is 1.00 bits per heavy atom. The first-order valence-corrected chi connectivity index (χ1v) is 4.40. The highest BCUT2D eigenvalue weighted by atomic mass is 19.4. The van der Waals surface area contributed by atoms with Crippen molar-refractivity contribution >= 4 is 11.5 Å². The largest absolute Gasteiger partial charge is 0.435 e. The second-order valence-corrected chi connectivity index (χ2v) is 3.36. The van der Waals surface area contributed by atoms with Crippen LogP contribution in [0.3, 0.4) is 0 Å². The zero-order chi connectivity index (χ0) is 13.7. The Kier molecular flexibility index (Phi) is 2.42. The van der Waals surface area contributed by atoms with E-state index in [1.54, 1.807) is 0 Å². The lowest BCUT2D eigenvalue weighted by atomic mass is 10.3. The SMILES string of the molecule is Nc1cc(C(F)(F)F)n2nc(C(F)(F)F)cc2n1.